The molecule has 0 unspecified atom stereocenters. The third-order valence-corrected chi connectivity index (χ3v) is 4.41. The van der Waals surface area contributed by atoms with Gasteiger partial charge in [-0.3, -0.25) is 9.78 Å². The highest BCUT2D eigenvalue weighted by Gasteiger charge is 2.47. The number of nitrogens with zero attached hydrogens (tertiary/aromatic N) is 2. The number of carboxylic acids is 1. The lowest BCUT2D eigenvalue weighted by Gasteiger charge is -2.35. The highest BCUT2D eigenvalue weighted by Crippen LogP contribution is 2.44. The molecule has 0 atom stereocenters. The van der Waals surface area contributed by atoms with Crippen LogP contribution < -0.4 is 0 Å². The van der Waals surface area contributed by atoms with E-state index in [1.54, 1.807) is 12.4 Å². The van der Waals surface area contributed by atoms with Crippen LogP contribution in [0.4, 0.5) is 0 Å². The Morgan fingerprint density at radius 2 is 2.28 bits per heavy atom. The van der Waals surface area contributed by atoms with Crippen LogP contribution in [0.3, 0.4) is 0 Å². The predicted octanol–water partition coefficient (Wildman–Crippen LogP) is 2.71. The maximum absolute atomic E-state index is 11.4. The van der Waals surface area contributed by atoms with Crippen molar-refractivity contribution in [3.05, 3.63) is 35.6 Å². The first-order valence-corrected chi connectivity index (χ1v) is 6.70. The van der Waals surface area contributed by atoms with Crippen LogP contribution in [0.5, 0.6) is 0 Å². The minimum absolute atomic E-state index is 0.693. The molecule has 2 aromatic rings. The molecule has 0 amide bonds. The van der Waals surface area contributed by atoms with Gasteiger partial charge < -0.3 is 5.11 Å². The zero-order chi connectivity index (χ0) is 12.6. The second-order valence-electron chi connectivity index (χ2n) is 4.52. The summed E-state index contributed by atoms with van der Waals surface area (Å²) in [6, 6.07) is 3.79. The number of carbonyl (C=O) groups is 1. The van der Waals surface area contributed by atoms with Crippen LogP contribution in [-0.4, -0.2) is 21.0 Å². The average Bonchev–Trinajstić information content (AvgIpc) is 2.78. The van der Waals surface area contributed by atoms with Crippen molar-refractivity contribution in [1.29, 1.82) is 0 Å². The topological polar surface area (TPSA) is 63.1 Å². The molecule has 1 fully saturated rings. The summed E-state index contributed by atoms with van der Waals surface area (Å²) in [5.74, 6) is -0.753. The molecule has 0 saturated heterocycles. The minimum atomic E-state index is -0.753. The molecule has 0 aliphatic heterocycles. The molecular formula is C13H12N2O2S. The van der Waals surface area contributed by atoms with Crippen LogP contribution in [0, 0.1) is 0 Å². The van der Waals surface area contributed by atoms with E-state index in [1.807, 2.05) is 17.5 Å². The molecule has 4 nitrogen and oxygen atoms in total. The Hall–Kier alpha value is -1.75. The maximum atomic E-state index is 11.4. The molecule has 3 rings (SSSR count). The predicted molar refractivity (Wildman–Crippen MR) is 68.5 cm³/mol. The molecule has 1 saturated carbocycles. The van der Waals surface area contributed by atoms with Crippen molar-refractivity contribution in [2.24, 2.45) is 0 Å². The Kier molecular flexibility index (Phi) is 2.63. The number of hydrogen-bond acceptors (Lipinski definition) is 4. The normalized spacial score (nSPS) is 17.1. The van der Waals surface area contributed by atoms with Gasteiger partial charge in [0.25, 0.3) is 0 Å². The van der Waals surface area contributed by atoms with Gasteiger partial charge in [0.15, 0.2) is 0 Å². The highest BCUT2D eigenvalue weighted by atomic mass is 32.1. The number of thiazole rings is 1. The van der Waals surface area contributed by atoms with E-state index >= 15 is 0 Å². The summed E-state index contributed by atoms with van der Waals surface area (Å²) in [5.41, 5.74) is 0.899. The Morgan fingerprint density at radius 3 is 2.83 bits per heavy atom. The zero-order valence-electron chi connectivity index (χ0n) is 9.67. The van der Waals surface area contributed by atoms with Crippen molar-refractivity contribution in [2.75, 3.05) is 0 Å². The molecule has 2 aromatic heterocycles. The standard InChI is InChI=1S/C13H12N2O2S/c16-12(17)13(4-2-5-13)10-8-18-11(15-10)9-3-1-6-14-7-9/h1,3,6-8H,2,4-5H2,(H,16,17). The average molecular weight is 260 g/mol. The SMILES string of the molecule is O=C(O)C1(c2csc(-c3cccnc3)n2)CCC1. The van der Waals surface area contributed by atoms with Gasteiger partial charge in [0.1, 0.15) is 10.4 Å². The van der Waals surface area contributed by atoms with Gasteiger partial charge in [-0.05, 0) is 25.0 Å². The van der Waals surface area contributed by atoms with E-state index in [2.05, 4.69) is 9.97 Å². The van der Waals surface area contributed by atoms with E-state index in [-0.39, 0.29) is 0 Å². The summed E-state index contributed by atoms with van der Waals surface area (Å²) < 4.78 is 0. The number of aromatic nitrogens is 2. The number of carboxylic acid groups (broad SMARTS) is 1. The molecule has 5 heteroatoms. The third kappa shape index (κ3) is 1.62. The summed E-state index contributed by atoms with van der Waals surface area (Å²) in [6.45, 7) is 0. The minimum Gasteiger partial charge on any atom is -0.481 e. The molecule has 1 aliphatic carbocycles. The fourth-order valence-corrected chi connectivity index (χ4v) is 3.13. The first-order valence-electron chi connectivity index (χ1n) is 5.82. The van der Waals surface area contributed by atoms with Gasteiger partial charge >= 0.3 is 5.97 Å². The summed E-state index contributed by atoms with van der Waals surface area (Å²) in [4.78, 5) is 19.9. The Labute approximate surface area is 108 Å². The zero-order valence-corrected chi connectivity index (χ0v) is 10.5. The first-order chi connectivity index (χ1) is 8.72. The molecule has 0 spiro atoms. The Morgan fingerprint density at radius 1 is 1.44 bits per heavy atom. The molecule has 0 bridgehead atoms. The lowest BCUT2D eigenvalue weighted by atomic mass is 9.67. The monoisotopic (exact) mass is 260 g/mol. The van der Waals surface area contributed by atoms with Crippen LogP contribution in [0.2, 0.25) is 0 Å². The van der Waals surface area contributed by atoms with Gasteiger partial charge in [-0.25, -0.2) is 4.98 Å². The quantitative estimate of drug-likeness (QED) is 0.921. The molecule has 0 radical (unpaired) electrons. The maximum Gasteiger partial charge on any atom is 0.315 e. The van der Waals surface area contributed by atoms with E-state index in [9.17, 15) is 9.90 Å². The van der Waals surface area contributed by atoms with E-state index < -0.39 is 11.4 Å². The summed E-state index contributed by atoms with van der Waals surface area (Å²) in [5, 5.41) is 12.1. The smallest absolute Gasteiger partial charge is 0.315 e. The second-order valence-corrected chi connectivity index (χ2v) is 5.38. The lowest BCUT2D eigenvalue weighted by Crippen LogP contribution is -2.42. The van der Waals surface area contributed by atoms with Crippen LogP contribution in [-0.2, 0) is 10.2 Å². The molecule has 1 aliphatic rings. The van der Waals surface area contributed by atoms with Crippen molar-refractivity contribution in [1.82, 2.24) is 9.97 Å². The third-order valence-electron chi connectivity index (χ3n) is 3.52. The second kappa shape index (κ2) is 4.17. The Balaban J connectivity index is 1.97. The molecule has 18 heavy (non-hydrogen) atoms. The van der Waals surface area contributed by atoms with Crippen molar-refractivity contribution >= 4 is 17.3 Å². The highest BCUT2D eigenvalue weighted by molar-refractivity contribution is 7.13. The number of hydrogen-bond donors (Lipinski definition) is 1. The van der Waals surface area contributed by atoms with Gasteiger partial charge in [0.2, 0.25) is 0 Å². The van der Waals surface area contributed by atoms with Gasteiger partial charge in [0, 0.05) is 23.3 Å². The van der Waals surface area contributed by atoms with E-state index in [0.717, 1.165) is 17.0 Å². The van der Waals surface area contributed by atoms with Crippen molar-refractivity contribution in [3.8, 4) is 10.6 Å². The van der Waals surface area contributed by atoms with Crippen LogP contribution >= 0.6 is 11.3 Å². The largest absolute Gasteiger partial charge is 0.481 e. The fraction of sp³-hybridized carbons (Fsp3) is 0.308. The van der Waals surface area contributed by atoms with E-state index in [0.29, 0.717) is 18.5 Å². The van der Waals surface area contributed by atoms with Gasteiger partial charge in [-0.2, -0.15) is 0 Å². The molecule has 92 valence electrons. The number of pyridine rings is 1. The lowest BCUT2D eigenvalue weighted by molar-refractivity contribution is -0.147. The molecule has 0 aromatic carbocycles. The Bertz CT molecular complexity index is 576. The van der Waals surface area contributed by atoms with Crippen LogP contribution in [0.25, 0.3) is 10.6 Å². The summed E-state index contributed by atoms with van der Waals surface area (Å²) in [7, 11) is 0. The molecule has 2 heterocycles. The van der Waals surface area contributed by atoms with Crippen molar-refractivity contribution in [2.45, 2.75) is 24.7 Å². The van der Waals surface area contributed by atoms with E-state index in [1.165, 1.54) is 11.3 Å². The molecular weight excluding hydrogens is 248 g/mol. The van der Waals surface area contributed by atoms with Gasteiger partial charge in [-0.15, -0.1) is 11.3 Å². The van der Waals surface area contributed by atoms with Gasteiger partial charge in [-0.1, -0.05) is 6.42 Å². The first kappa shape index (κ1) is 11.3. The van der Waals surface area contributed by atoms with Crippen LogP contribution in [0.15, 0.2) is 29.9 Å². The number of rotatable bonds is 3. The summed E-state index contributed by atoms with van der Waals surface area (Å²) in [6.07, 6.45) is 5.81. The van der Waals surface area contributed by atoms with Crippen molar-refractivity contribution < 1.29 is 9.90 Å². The summed E-state index contributed by atoms with van der Waals surface area (Å²) >= 11 is 1.48. The van der Waals surface area contributed by atoms with Gasteiger partial charge in [0.05, 0.1) is 5.69 Å². The fourth-order valence-electron chi connectivity index (χ4n) is 2.23. The molecule has 1 N–H and O–H groups in total. The van der Waals surface area contributed by atoms with Crippen LogP contribution in [0.1, 0.15) is 25.0 Å². The van der Waals surface area contributed by atoms with E-state index in [4.69, 9.17) is 0 Å². The van der Waals surface area contributed by atoms with Crippen molar-refractivity contribution in [3.63, 3.8) is 0 Å². The number of aliphatic carboxylic acids is 1.